The lowest BCUT2D eigenvalue weighted by atomic mass is 9.97. The van der Waals surface area contributed by atoms with E-state index in [2.05, 4.69) is 29.6 Å². The van der Waals surface area contributed by atoms with Crippen LogP contribution < -0.4 is 11.1 Å². The van der Waals surface area contributed by atoms with Gasteiger partial charge in [0.25, 0.3) is 0 Å². The van der Waals surface area contributed by atoms with Crippen molar-refractivity contribution >= 4 is 5.91 Å². The van der Waals surface area contributed by atoms with E-state index in [-0.39, 0.29) is 18.0 Å². The van der Waals surface area contributed by atoms with Gasteiger partial charge in [0.05, 0.1) is 12.1 Å². The minimum absolute atomic E-state index is 0.0325. The highest BCUT2D eigenvalue weighted by molar-refractivity contribution is 5.79. The molecule has 0 bridgehead atoms. The van der Waals surface area contributed by atoms with Gasteiger partial charge in [0.1, 0.15) is 0 Å². The molecule has 0 radical (unpaired) electrons. The first kappa shape index (κ1) is 14.3. The van der Waals surface area contributed by atoms with Crippen LogP contribution >= 0.6 is 0 Å². The molecule has 0 heterocycles. The lowest BCUT2D eigenvalue weighted by molar-refractivity contribution is -0.120. The molecule has 2 aromatic carbocycles. The molecule has 0 saturated heterocycles. The van der Waals surface area contributed by atoms with Gasteiger partial charge in [-0.2, -0.15) is 0 Å². The Morgan fingerprint density at radius 3 is 1.80 bits per heavy atom. The molecule has 3 nitrogen and oxygen atoms in total. The molecular formula is C17H20N2O. The minimum atomic E-state index is -0.333. The van der Waals surface area contributed by atoms with Gasteiger partial charge >= 0.3 is 0 Å². The number of rotatable bonds is 6. The molecule has 0 aliphatic heterocycles. The number of primary amides is 1. The van der Waals surface area contributed by atoms with E-state index in [1.165, 1.54) is 0 Å². The van der Waals surface area contributed by atoms with E-state index in [0.717, 1.165) is 11.1 Å². The van der Waals surface area contributed by atoms with Gasteiger partial charge in [0, 0.05) is 0 Å². The molecule has 1 unspecified atom stereocenters. The zero-order valence-electron chi connectivity index (χ0n) is 11.6. The Morgan fingerprint density at radius 1 is 1.00 bits per heavy atom. The van der Waals surface area contributed by atoms with Gasteiger partial charge < -0.3 is 5.73 Å². The maximum absolute atomic E-state index is 11.5. The second-order valence-corrected chi connectivity index (χ2v) is 4.78. The number of hydrogen-bond donors (Lipinski definition) is 2. The summed E-state index contributed by atoms with van der Waals surface area (Å²) < 4.78 is 0. The summed E-state index contributed by atoms with van der Waals surface area (Å²) in [6, 6.07) is 19.8. The van der Waals surface area contributed by atoms with Crippen LogP contribution in [-0.4, -0.2) is 11.9 Å². The van der Waals surface area contributed by atoms with E-state index >= 15 is 0 Å². The van der Waals surface area contributed by atoms with Crippen LogP contribution in [0.4, 0.5) is 0 Å². The lowest BCUT2D eigenvalue weighted by Gasteiger charge is -2.24. The van der Waals surface area contributed by atoms with E-state index < -0.39 is 0 Å². The highest BCUT2D eigenvalue weighted by Crippen LogP contribution is 2.22. The van der Waals surface area contributed by atoms with Gasteiger partial charge in [-0.15, -0.1) is 0 Å². The third-order valence-corrected chi connectivity index (χ3v) is 3.39. The molecule has 0 fully saturated rings. The molecule has 3 heteroatoms. The normalized spacial score (nSPS) is 12.3. The summed E-state index contributed by atoms with van der Waals surface area (Å²) in [7, 11) is 0. The molecular weight excluding hydrogens is 248 g/mol. The predicted molar refractivity (Wildman–Crippen MR) is 81.1 cm³/mol. The number of nitrogens with one attached hydrogen (secondary N) is 1. The average Bonchev–Trinajstić information content (AvgIpc) is 2.50. The van der Waals surface area contributed by atoms with Crippen molar-refractivity contribution < 1.29 is 4.79 Å². The van der Waals surface area contributed by atoms with Crippen LogP contribution in [0.5, 0.6) is 0 Å². The lowest BCUT2D eigenvalue weighted by Crippen LogP contribution is -2.42. The second-order valence-electron chi connectivity index (χ2n) is 4.78. The molecule has 2 rings (SSSR count). The monoisotopic (exact) mass is 268 g/mol. The largest absolute Gasteiger partial charge is 0.368 e. The fraction of sp³-hybridized carbons (Fsp3) is 0.235. The summed E-state index contributed by atoms with van der Waals surface area (Å²) in [6.45, 7) is 1.95. The maximum atomic E-state index is 11.5. The van der Waals surface area contributed by atoms with E-state index in [1.54, 1.807) is 0 Å². The van der Waals surface area contributed by atoms with E-state index in [1.807, 2.05) is 43.3 Å². The molecule has 0 spiro atoms. The molecule has 2 aromatic rings. The zero-order chi connectivity index (χ0) is 14.4. The van der Waals surface area contributed by atoms with Crippen molar-refractivity contribution in [1.82, 2.24) is 5.32 Å². The fourth-order valence-electron chi connectivity index (χ4n) is 2.28. The topological polar surface area (TPSA) is 55.1 Å². The summed E-state index contributed by atoms with van der Waals surface area (Å²) in [5.74, 6) is -0.315. The Kier molecular flexibility index (Phi) is 4.91. The Labute approximate surface area is 119 Å². The zero-order valence-corrected chi connectivity index (χ0v) is 11.6. The van der Waals surface area contributed by atoms with Gasteiger partial charge in [0.2, 0.25) is 5.91 Å². The van der Waals surface area contributed by atoms with E-state index in [4.69, 9.17) is 5.73 Å². The Balaban J connectivity index is 2.32. The van der Waals surface area contributed by atoms with Crippen LogP contribution in [-0.2, 0) is 4.79 Å². The van der Waals surface area contributed by atoms with Crippen LogP contribution in [0.3, 0.4) is 0 Å². The van der Waals surface area contributed by atoms with Gasteiger partial charge in [-0.05, 0) is 17.5 Å². The molecule has 3 N–H and O–H groups in total. The SMILES string of the molecule is CCC(NC(c1ccccc1)c1ccccc1)C(N)=O. The number of amides is 1. The van der Waals surface area contributed by atoms with Crippen LogP contribution in [0.25, 0.3) is 0 Å². The van der Waals surface area contributed by atoms with Crippen molar-refractivity contribution in [1.29, 1.82) is 0 Å². The number of benzene rings is 2. The van der Waals surface area contributed by atoms with Crippen molar-refractivity contribution in [3.8, 4) is 0 Å². The van der Waals surface area contributed by atoms with Crippen molar-refractivity contribution in [3.05, 3.63) is 71.8 Å². The molecule has 0 aliphatic rings. The fourth-order valence-corrected chi connectivity index (χ4v) is 2.28. The number of carbonyl (C=O) groups excluding carboxylic acids is 1. The Bertz CT molecular complexity index is 500. The van der Waals surface area contributed by atoms with Crippen LogP contribution in [0, 0.1) is 0 Å². The maximum Gasteiger partial charge on any atom is 0.234 e. The number of carbonyl (C=O) groups is 1. The molecule has 1 atom stereocenters. The summed E-state index contributed by atoms with van der Waals surface area (Å²) in [5.41, 5.74) is 7.70. The van der Waals surface area contributed by atoms with Crippen LogP contribution in [0.2, 0.25) is 0 Å². The molecule has 0 aliphatic carbocycles. The number of hydrogen-bond acceptors (Lipinski definition) is 2. The van der Waals surface area contributed by atoms with Crippen molar-refractivity contribution in [2.45, 2.75) is 25.4 Å². The molecule has 0 saturated carbocycles. The first-order valence-corrected chi connectivity index (χ1v) is 6.87. The summed E-state index contributed by atoms with van der Waals surface area (Å²) >= 11 is 0. The van der Waals surface area contributed by atoms with Gasteiger partial charge in [0.15, 0.2) is 0 Å². The highest BCUT2D eigenvalue weighted by Gasteiger charge is 2.20. The van der Waals surface area contributed by atoms with Crippen molar-refractivity contribution in [2.24, 2.45) is 5.73 Å². The number of nitrogens with two attached hydrogens (primary N) is 1. The average molecular weight is 268 g/mol. The quantitative estimate of drug-likeness (QED) is 0.846. The molecule has 1 amide bonds. The van der Waals surface area contributed by atoms with Gasteiger partial charge in [-0.25, -0.2) is 0 Å². The third-order valence-electron chi connectivity index (χ3n) is 3.39. The summed E-state index contributed by atoms with van der Waals surface area (Å²) in [6.07, 6.45) is 0.672. The van der Waals surface area contributed by atoms with Gasteiger partial charge in [-0.1, -0.05) is 67.6 Å². The molecule has 0 aromatic heterocycles. The molecule has 104 valence electrons. The summed E-state index contributed by atoms with van der Waals surface area (Å²) in [5, 5.41) is 3.36. The smallest absolute Gasteiger partial charge is 0.234 e. The Morgan fingerprint density at radius 2 is 1.45 bits per heavy atom. The second kappa shape index (κ2) is 6.87. The minimum Gasteiger partial charge on any atom is -0.368 e. The standard InChI is InChI=1S/C17H20N2O/c1-2-15(17(18)20)19-16(13-9-5-3-6-10-13)14-11-7-4-8-12-14/h3-12,15-16,19H,2H2,1H3,(H2,18,20). The van der Waals surface area contributed by atoms with Crippen molar-refractivity contribution in [2.75, 3.05) is 0 Å². The highest BCUT2D eigenvalue weighted by atomic mass is 16.1. The first-order chi connectivity index (χ1) is 9.72. The predicted octanol–water partition coefficient (Wildman–Crippen LogP) is 2.63. The third kappa shape index (κ3) is 3.45. The van der Waals surface area contributed by atoms with Crippen molar-refractivity contribution in [3.63, 3.8) is 0 Å². The van der Waals surface area contributed by atoms with Gasteiger partial charge in [-0.3, -0.25) is 10.1 Å². The van der Waals surface area contributed by atoms with E-state index in [0.29, 0.717) is 6.42 Å². The van der Waals surface area contributed by atoms with Crippen LogP contribution in [0.15, 0.2) is 60.7 Å². The Hall–Kier alpha value is -2.13. The van der Waals surface area contributed by atoms with E-state index in [9.17, 15) is 4.79 Å². The molecule has 20 heavy (non-hydrogen) atoms. The first-order valence-electron chi connectivity index (χ1n) is 6.87. The van der Waals surface area contributed by atoms with Crippen LogP contribution in [0.1, 0.15) is 30.5 Å². The summed E-state index contributed by atoms with van der Waals surface area (Å²) in [4.78, 5) is 11.5.